The summed E-state index contributed by atoms with van der Waals surface area (Å²) < 4.78 is 11.2. The van der Waals surface area contributed by atoms with Gasteiger partial charge in [-0.1, -0.05) is 24.3 Å². The van der Waals surface area contributed by atoms with Gasteiger partial charge in [0.1, 0.15) is 11.5 Å². The van der Waals surface area contributed by atoms with Crippen molar-refractivity contribution < 1.29 is 9.47 Å². The molecule has 0 fully saturated rings. The lowest BCUT2D eigenvalue weighted by Crippen LogP contribution is -2.37. The molecule has 0 aromatic heterocycles. The first-order valence-corrected chi connectivity index (χ1v) is 9.61. The van der Waals surface area contributed by atoms with Gasteiger partial charge in [0.2, 0.25) is 0 Å². The van der Waals surface area contributed by atoms with E-state index in [9.17, 15) is 0 Å². The second-order valence-corrected chi connectivity index (χ2v) is 6.68. The molecule has 28 heavy (non-hydrogen) atoms. The van der Waals surface area contributed by atoms with E-state index in [-0.39, 0.29) is 24.0 Å². The number of halogens is 1. The predicted molar refractivity (Wildman–Crippen MR) is 125 cm³/mol. The van der Waals surface area contributed by atoms with Crippen molar-refractivity contribution in [2.45, 2.75) is 33.2 Å². The van der Waals surface area contributed by atoms with Crippen LogP contribution in [-0.2, 0) is 19.4 Å². The number of guanidine groups is 1. The molecule has 6 heteroatoms. The van der Waals surface area contributed by atoms with Crippen molar-refractivity contribution in [3.8, 4) is 11.5 Å². The van der Waals surface area contributed by atoms with Crippen LogP contribution in [0.25, 0.3) is 0 Å². The number of aliphatic imine (C=N–C) groups is 1. The highest BCUT2D eigenvalue weighted by Gasteiger charge is 2.11. The third-order valence-electron chi connectivity index (χ3n) is 4.68. The molecule has 5 nitrogen and oxygen atoms in total. The second-order valence-electron chi connectivity index (χ2n) is 6.68. The monoisotopic (exact) mass is 495 g/mol. The van der Waals surface area contributed by atoms with Crippen molar-refractivity contribution in [2.24, 2.45) is 4.99 Å². The molecule has 0 radical (unpaired) electrons. The summed E-state index contributed by atoms with van der Waals surface area (Å²) in [4.78, 5) is 4.31. The number of benzene rings is 2. The second kappa shape index (κ2) is 11.1. The Morgan fingerprint density at radius 2 is 1.96 bits per heavy atom. The van der Waals surface area contributed by atoms with E-state index < -0.39 is 0 Å². The summed E-state index contributed by atoms with van der Waals surface area (Å²) in [6, 6.07) is 12.7. The van der Waals surface area contributed by atoms with Crippen LogP contribution in [0.4, 0.5) is 0 Å². The van der Waals surface area contributed by atoms with Gasteiger partial charge in [-0.2, -0.15) is 0 Å². The van der Waals surface area contributed by atoms with Gasteiger partial charge in [-0.25, -0.2) is 0 Å². The first-order valence-electron chi connectivity index (χ1n) is 9.61. The van der Waals surface area contributed by atoms with Crippen molar-refractivity contribution >= 4 is 29.9 Å². The zero-order valence-electron chi connectivity index (χ0n) is 16.9. The van der Waals surface area contributed by atoms with E-state index in [4.69, 9.17) is 9.47 Å². The zero-order valence-corrected chi connectivity index (χ0v) is 19.2. The number of nitrogens with zero attached hydrogens (tertiary/aromatic N) is 1. The average Bonchev–Trinajstić information content (AvgIpc) is 3.14. The maximum Gasteiger partial charge on any atom is 0.191 e. The number of nitrogens with one attached hydrogen (secondary N) is 2. The minimum atomic E-state index is 0. The highest BCUT2D eigenvalue weighted by atomic mass is 127. The van der Waals surface area contributed by atoms with Crippen molar-refractivity contribution in [1.29, 1.82) is 0 Å². The van der Waals surface area contributed by atoms with Crippen LogP contribution in [0.2, 0.25) is 0 Å². The van der Waals surface area contributed by atoms with E-state index in [0.717, 1.165) is 55.6 Å². The van der Waals surface area contributed by atoms with Crippen molar-refractivity contribution in [3.63, 3.8) is 0 Å². The van der Waals surface area contributed by atoms with Crippen molar-refractivity contribution in [2.75, 3.05) is 26.8 Å². The van der Waals surface area contributed by atoms with Crippen LogP contribution in [0.3, 0.4) is 0 Å². The standard InChI is InChI=1S/C22H29N3O2.HI/c1-4-26-20-7-6-18(13-16(20)2)15-25-22(23-3)24-11-9-17-5-8-21-19(14-17)10-12-27-21;/h5-8,13-14H,4,9-12,15H2,1-3H3,(H2,23,24,25);1H. The van der Waals surface area contributed by atoms with E-state index in [0.29, 0.717) is 6.61 Å². The number of ether oxygens (including phenoxy) is 2. The largest absolute Gasteiger partial charge is 0.494 e. The van der Waals surface area contributed by atoms with Gasteiger partial charge in [0.05, 0.1) is 13.2 Å². The Balaban J connectivity index is 0.00000280. The summed E-state index contributed by atoms with van der Waals surface area (Å²) in [6.45, 7) is 7.12. The van der Waals surface area contributed by atoms with E-state index in [2.05, 4.69) is 52.9 Å². The van der Waals surface area contributed by atoms with E-state index >= 15 is 0 Å². The minimum absolute atomic E-state index is 0. The minimum Gasteiger partial charge on any atom is -0.494 e. The molecular weight excluding hydrogens is 465 g/mol. The van der Waals surface area contributed by atoms with E-state index in [1.165, 1.54) is 16.7 Å². The smallest absolute Gasteiger partial charge is 0.191 e. The summed E-state index contributed by atoms with van der Waals surface area (Å²) >= 11 is 0. The quantitative estimate of drug-likeness (QED) is 0.348. The molecule has 0 unspecified atom stereocenters. The van der Waals surface area contributed by atoms with Crippen LogP contribution in [0.1, 0.15) is 29.2 Å². The highest BCUT2D eigenvalue weighted by Crippen LogP contribution is 2.25. The van der Waals surface area contributed by atoms with Crippen LogP contribution >= 0.6 is 24.0 Å². The van der Waals surface area contributed by atoms with Gasteiger partial charge in [0, 0.05) is 26.6 Å². The molecule has 0 bridgehead atoms. The molecule has 0 saturated carbocycles. The molecule has 1 aliphatic rings. The number of fused-ring (bicyclic) bond motifs is 1. The van der Waals surface area contributed by atoms with E-state index in [1.54, 1.807) is 7.05 Å². The topological polar surface area (TPSA) is 54.9 Å². The SMILES string of the molecule is CCOc1ccc(CNC(=NC)NCCc2ccc3c(c2)CCO3)cc1C.I. The van der Waals surface area contributed by atoms with E-state index in [1.807, 2.05) is 13.0 Å². The molecule has 1 heterocycles. The maximum atomic E-state index is 5.60. The number of aryl methyl sites for hydroxylation is 1. The van der Waals surface area contributed by atoms with Gasteiger partial charge in [-0.3, -0.25) is 4.99 Å². The molecule has 152 valence electrons. The predicted octanol–water partition coefficient (Wildman–Crippen LogP) is 3.85. The highest BCUT2D eigenvalue weighted by molar-refractivity contribution is 14.0. The van der Waals surface area contributed by atoms with Crippen molar-refractivity contribution in [1.82, 2.24) is 10.6 Å². The first kappa shape index (κ1) is 22.3. The van der Waals surface area contributed by atoms with Gasteiger partial charge in [0.25, 0.3) is 0 Å². The first-order chi connectivity index (χ1) is 13.2. The molecule has 0 saturated heterocycles. The molecule has 2 aromatic rings. The maximum absolute atomic E-state index is 5.60. The molecule has 2 aromatic carbocycles. The molecule has 0 spiro atoms. The molecule has 2 N–H and O–H groups in total. The third-order valence-corrected chi connectivity index (χ3v) is 4.68. The van der Waals surface area contributed by atoms with Gasteiger partial charge < -0.3 is 20.1 Å². The van der Waals surface area contributed by atoms with Gasteiger partial charge in [-0.15, -0.1) is 24.0 Å². The summed E-state index contributed by atoms with van der Waals surface area (Å²) in [5.41, 5.74) is 5.00. The Kier molecular flexibility index (Phi) is 8.89. The Morgan fingerprint density at radius 1 is 1.14 bits per heavy atom. The van der Waals surface area contributed by atoms with Gasteiger partial charge in [0.15, 0.2) is 5.96 Å². The summed E-state index contributed by atoms with van der Waals surface area (Å²) in [5.74, 6) is 2.80. The van der Waals surface area contributed by atoms with Crippen LogP contribution in [0, 0.1) is 6.92 Å². The van der Waals surface area contributed by atoms with Gasteiger partial charge >= 0.3 is 0 Å². The normalized spacial score (nSPS) is 12.6. The lowest BCUT2D eigenvalue weighted by Gasteiger charge is -2.13. The fourth-order valence-corrected chi connectivity index (χ4v) is 3.27. The lowest BCUT2D eigenvalue weighted by molar-refractivity contribution is 0.338. The van der Waals surface area contributed by atoms with Crippen molar-refractivity contribution in [3.05, 3.63) is 58.7 Å². The fourth-order valence-electron chi connectivity index (χ4n) is 3.27. The van der Waals surface area contributed by atoms with Crippen LogP contribution in [0.15, 0.2) is 41.4 Å². The Morgan fingerprint density at radius 3 is 2.71 bits per heavy atom. The number of hydrogen-bond donors (Lipinski definition) is 2. The molecule has 0 aliphatic carbocycles. The molecular formula is C22H30IN3O2. The molecule has 0 amide bonds. The molecule has 3 rings (SSSR count). The summed E-state index contributed by atoms with van der Waals surface area (Å²) in [5, 5.41) is 6.76. The fraction of sp³-hybridized carbons (Fsp3) is 0.409. The Labute approximate surface area is 184 Å². The molecule has 1 aliphatic heterocycles. The Hall–Kier alpha value is -1.96. The average molecular weight is 495 g/mol. The number of rotatable bonds is 7. The Bertz CT molecular complexity index is 808. The summed E-state index contributed by atoms with van der Waals surface area (Å²) in [7, 11) is 1.80. The summed E-state index contributed by atoms with van der Waals surface area (Å²) in [6.07, 6.45) is 1.97. The lowest BCUT2D eigenvalue weighted by atomic mass is 10.1. The van der Waals surface area contributed by atoms with Crippen LogP contribution < -0.4 is 20.1 Å². The number of hydrogen-bond acceptors (Lipinski definition) is 3. The van der Waals surface area contributed by atoms with Gasteiger partial charge in [-0.05, 0) is 54.7 Å². The zero-order chi connectivity index (χ0) is 19.1. The third kappa shape index (κ3) is 6.02. The van der Waals surface area contributed by atoms with Crippen LogP contribution in [0.5, 0.6) is 11.5 Å². The van der Waals surface area contributed by atoms with Crippen LogP contribution in [-0.4, -0.2) is 32.8 Å². The molecule has 0 atom stereocenters.